The predicted molar refractivity (Wildman–Crippen MR) is 268 cm³/mol. The van der Waals surface area contributed by atoms with Crippen molar-refractivity contribution in [2.45, 2.75) is 312 Å². The molecule has 402 valence electrons. The molecular weight excluding hydrogens is 871 g/mol. The van der Waals surface area contributed by atoms with Crippen LogP contribution in [0.15, 0.2) is 12.2 Å². The summed E-state index contributed by atoms with van der Waals surface area (Å²) in [5, 5.41) is 99.2. The number of carbonyl (C=O) groups excluding carboxylic acids is 1. The molecule has 2 unspecified atom stereocenters. The van der Waals surface area contributed by atoms with Crippen LogP contribution in [0.2, 0.25) is 0 Å². The summed E-state index contributed by atoms with van der Waals surface area (Å²) in [7, 11) is 0. The van der Waals surface area contributed by atoms with Crippen LogP contribution in [0.5, 0.6) is 0 Å². The lowest BCUT2D eigenvalue weighted by atomic mass is 9.87. The van der Waals surface area contributed by atoms with Crippen molar-refractivity contribution in [1.82, 2.24) is 5.32 Å². The first-order valence-electron chi connectivity index (χ1n) is 27.9. The van der Waals surface area contributed by atoms with Crippen LogP contribution in [0.25, 0.3) is 0 Å². The van der Waals surface area contributed by atoms with E-state index in [4.69, 9.17) is 14.2 Å². The zero-order chi connectivity index (χ0) is 49.8. The number of rotatable bonds is 43. The standard InChI is InChI=1S/C54H103NO13/c1-3-5-7-9-11-13-15-17-18-19-20-21-22-23-24-26-28-30-32-34-36-38-44(59)55-45(41(58)37-35-33-31-29-27-25-16-14-12-10-8-6-4-2)47(61)53-50(64)49(63)52(43(40-57)66-53)68-54-51(65)48(62)46(60)42(39-56)67-54/h35,37,41-43,45-54,56-58,60-65H,3-34,36,38-40H2,1-2H3,(H,55,59)/b37-35+/t41-,42-,43-,45-,46+,47?,48+,49-,50-,51-,52-,53?,54+/m1/s1. The van der Waals surface area contributed by atoms with Crippen molar-refractivity contribution in [2.24, 2.45) is 0 Å². The van der Waals surface area contributed by atoms with Crippen molar-refractivity contribution in [3.05, 3.63) is 12.2 Å². The van der Waals surface area contributed by atoms with Crippen LogP contribution in [0.3, 0.4) is 0 Å². The van der Waals surface area contributed by atoms with E-state index in [-0.39, 0.29) is 6.42 Å². The van der Waals surface area contributed by atoms with Gasteiger partial charge in [0.1, 0.15) is 61.0 Å². The molecule has 0 bridgehead atoms. The third-order valence-electron chi connectivity index (χ3n) is 14.3. The molecule has 10 N–H and O–H groups in total. The van der Waals surface area contributed by atoms with Gasteiger partial charge in [-0.2, -0.15) is 0 Å². The maximum atomic E-state index is 13.3. The number of hydrogen-bond donors (Lipinski definition) is 10. The minimum Gasteiger partial charge on any atom is -0.394 e. The first-order chi connectivity index (χ1) is 33.0. The first-order valence-corrected chi connectivity index (χ1v) is 27.9. The van der Waals surface area contributed by atoms with E-state index in [1.807, 2.05) is 6.08 Å². The maximum absolute atomic E-state index is 13.3. The summed E-state index contributed by atoms with van der Waals surface area (Å²) in [6.45, 7) is 2.99. The first kappa shape index (κ1) is 62.8. The Labute approximate surface area is 412 Å². The molecule has 1 amide bonds. The highest BCUT2D eigenvalue weighted by Gasteiger charge is 2.53. The van der Waals surface area contributed by atoms with E-state index in [0.717, 1.165) is 38.5 Å². The van der Waals surface area contributed by atoms with Crippen LogP contribution in [0, 0.1) is 0 Å². The average molecular weight is 974 g/mol. The summed E-state index contributed by atoms with van der Waals surface area (Å²) in [6, 6.07) is -1.35. The van der Waals surface area contributed by atoms with Crippen LogP contribution in [0.1, 0.15) is 232 Å². The fraction of sp³-hybridized carbons (Fsp3) is 0.944. The molecule has 2 rings (SSSR count). The summed E-state index contributed by atoms with van der Waals surface area (Å²) in [6.07, 6.45) is 24.2. The molecule has 68 heavy (non-hydrogen) atoms. The smallest absolute Gasteiger partial charge is 0.220 e. The number of amides is 1. The van der Waals surface area contributed by atoms with Crippen molar-refractivity contribution >= 4 is 5.91 Å². The summed E-state index contributed by atoms with van der Waals surface area (Å²) < 4.78 is 17.0. The Morgan fingerprint density at radius 3 is 1.35 bits per heavy atom. The van der Waals surface area contributed by atoms with E-state index >= 15 is 0 Å². The highest BCUT2D eigenvalue weighted by molar-refractivity contribution is 5.76. The maximum Gasteiger partial charge on any atom is 0.220 e. The monoisotopic (exact) mass is 974 g/mol. The van der Waals surface area contributed by atoms with Crippen molar-refractivity contribution in [1.29, 1.82) is 0 Å². The molecule has 2 heterocycles. The molecule has 0 aliphatic carbocycles. The topological polar surface area (TPSA) is 239 Å². The van der Waals surface area contributed by atoms with Gasteiger partial charge in [0.15, 0.2) is 6.29 Å². The lowest BCUT2D eigenvalue weighted by Crippen LogP contribution is -2.68. The lowest BCUT2D eigenvalue weighted by Gasteiger charge is -2.47. The molecule has 0 aromatic heterocycles. The van der Waals surface area contributed by atoms with Gasteiger partial charge in [-0.25, -0.2) is 0 Å². The number of hydrogen-bond acceptors (Lipinski definition) is 13. The second-order valence-electron chi connectivity index (χ2n) is 20.2. The van der Waals surface area contributed by atoms with Crippen molar-refractivity contribution in [3.8, 4) is 0 Å². The number of nitrogens with one attached hydrogen (secondary N) is 1. The lowest BCUT2D eigenvalue weighted by molar-refractivity contribution is -0.345. The Hall–Kier alpha value is -1.27. The molecule has 0 aromatic carbocycles. The van der Waals surface area contributed by atoms with Gasteiger partial charge in [-0.1, -0.05) is 219 Å². The molecule has 14 nitrogen and oxygen atoms in total. The highest BCUT2D eigenvalue weighted by atomic mass is 16.7. The van der Waals surface area contributed by atoms with Gasteiger partial charge >= 0.3 is 0 Å². The minimum absolute atomic E-state index is 0.169. The number of aliphatic hydroxyl groups is 9. The molecule has 14 heteroatoms. The fourth-order valence-electron chi connectivity index (χ4n) is 9.74. The molecule has 2 fully saturated rings. The normalized spacial score (nSPS) is 26.9. The van der Waals surface area contributed by atoms with Gasteiger partial charge in [-0.15, -0.1) is 0 Å². The van der Waals surface area contributed by atoms with Gasteiger partial charge < -0.3 is 65.5 Å². The van der Waals surface area contributed by atoms with E-state index in [1.165, 1.54) is 167 Å². The van der Waals surface area contributed by atoms with Gasteiger partial charge in [0.25, 0.3) is 0 Å². The molecule has 0 aromatic rings. The van der Waals surface area contributed by atoms with Crippen molar-refractivity contribution < 1.29 is 65.0 Å². The van der Waals surface area contributed by atoms with E-state index < -0.39 is 98.6 Å². The largest absolute Gasteiger partial charge is 0.394 e. The Kier molecular flexibility index (Phi) is 37.2. The van der Waals surface area contributed by atoms with Gasteiger partial charge in [0.05, 0.1) is 25.4 Å². The van der Waals surface area contributed by atoms with Crippen LogP contribution >= 0.6 is 0 Å². The van der Waals surface area contributed by atoms with Gasteiger partial charge in [0, 0.05) is 6.42 Å². The number of unbranched alkanes of at least 4 members (excludes halogenated alkanes) is 31. The Morgan fingerprint density at radius 2 is 0.926 bits per heavy atom. The van der Waals surface area contributed by atoms with Gasteiger partial charge in [-0.05, 0) is 19.3 Å². The Balaban J connectivity index is 1.84. The fourth-order valence-corrected chi connectivity index (χ4v) is 9.74. The van der Waals surface area contributed by atoms with Crippen LogP contribution in [-0.2, 0) is 19.0 Å². The summed E-state index contributed by atoms with van der Waals surface area (Å²) in [5.41, 5.74) is 0. The average Bonchev–Trinajstić information content (AvgIpc) is 3.33. The molecule has 2 aliphatic rings. The summed E-state index contributed by atoms with van der Waals surface area (Å²) in [4.78, 5) is 13.3. The van der Waals surface area contributed by atoms with Crippen molar-refractivity contribution in [3.63, 3.8) is 0 Å². The van der Waals surface area contributed by atoms with Gasteiger partial charge in [-0.3, -0.25) is 4.79 Å². The number of ether oxygens (including phenoxy) is 3. The predicted octanol–water partition coefficient (Wildman–Crippen LogP) is 7.72. The molecule has 0 spiro atoms. The summed E-state index contributed by atoms with van der Waals surface area (Å²) >= 11 is 0. The molecular formula is C54H103NO13. The number of carbonyl (C=O) groups is 1. The van der Waals surface area contributed by atoms with E-state index in [9.17, 15) is 50.8 Å². The molecule has 2 saturated heterocycles. The number of allylic oxidation sites excluding steroid dienone is 1. The number of aliphatic hydroxyl groups excluding tert-OH is 9. The quantitative estimate of drug-likeness (QED) is 0.0208. The molecule has 0 radical (unpaired) electrons. The van der Waals surface area contributed by atoms with E-state index in [1.54, 1.807) is 0 Å². The van der Waals surface area contributed by atoms with Crippen LogP contribution in [-0.4, -0.2) is 145 Å². The molecule has 13 atom stereocenters. The van der Waals surface area contributed by atoms with E-state index in [0.29, 0.717) is 12.8 Å². The van der Waals surface area contributed by atoms with Crippen LogP contribution < -0.4 is 5.32 Å². The van der Waals surface area contributed by atoms with Gasteiger partial charge in [0.2, 0.25) is 5.91 Å². The molecule has 2 aliphatic heterocycles. The highest BCUT2D eigenvalue weighted by Crippen LogP contribution is 2.31. The SMILES string of the molecule is CCCCCCCCCCCCC/C=C/[C@@H](O)[C@@H](NC(=O)CCCCCCCCCCCCCCCCCCCCCCC)C(O)C1O[C@H](CO)[C@@H](O[C@@H]2O[C@H](CO)[C@H](O)[C@H](O)[C@H]2O)[C@H](O)[C@H]1O. The third-order valence-corrected chi connectivity index (χ3v) is 14.3. The second kappa shape index (κ2) is 40.2. The zero-order valence-corrected chi connectivity index (χ0v) is 42.8. The van der Waals surface area contributed by atoms with Crippen LogP contribution in [0.4, 0.5) is 0 Å². The third kappa shape index (κ3) is 25.9. The van der Waals surface area contributed by atoms with Crippen molar-refractivity contribution in [2.75, 3.05) is 13.2 Å². The minimum atomic E-state index is -1.87. The molecule has 0 saturated carbocycles. The summed E-state index contributed by atoms with van der Waals surface area (Å²) in [5.74, 6) is -0.391. The Morgan fingerprint density at radius 1 is 0.515 bits per heavy atom. The second-order valence-corrected chi connectivity index (χ2v) is 20.2. The Bertz CT molecular complexity index is 1210. The van der Waals surface area contributed by atoms with E-state index in [2.05, 4.69) is 19.2 Å². The zero-order valence-electron chi connectivity index (χ0n) is 42.8.